The minimum Gasteiger partial charge on any atom is -0.464 e. The van der Waals surface area contributed by atoms with Gasteiger partial charge >= 0.3 is 0 Å². The number of furan rings is 1. The number of Topliss-reactive ketones (excluding diaryl/α,β-unsaturated/α-hetero) is 1. The smallest absolute Gasteiger partial charge is 0.171 e. The third kappa shape index (κ3) is 1.38. The van der Waals surface area contributed by atoms with Gasteiger partial charge in [0.05, 0.1) is 5.56 Å². The quantitative estimate of drug-likeness (QED) is 0.726. The van der Waals surface area contributed by atoms with Gasteiger partial charge in [-0.25, -0.2) is 0 Å². The molecule has 0 saturated carbocycles. The zero-order chi connectivity index (χ0) is 10.3. The van der Waals surface area contributed by atoms with E-state index in [1.165, 1.54) is 0 Å². The van der Waals surface area contributed by atoms with Crippen LogP contribution in [0.25, 0.3) is 11.0 Å². The first kappa shape index (κ1) is 9.04. The zero-order valence-electron chi connectivity index (χ0n) is 8.10. The number of ketones is 1. The van der Waals surface area contributed by atoms with Crippen molar-refractivity contribution in [2.24, 2.45) is 5.92 Å². The van der Waals surface area contributed by atoms with Crippen LogP contribution in [-0.2, 0) is 0 Å². The topological polar surface area (TPSA) is 30.2 Å². The summed E-state index contributed by atoms with van der Waals surface area (Å²) in [5.41, 5.74) is 1.55. The highest BCUT2D eigenvalue weighted by atomic mass is 32.2. The maximum Gasteiger partial charge on any atom is 0.171 e. The van der Waals surface area contributed by atoms with Crippen molar-refractivity contribution in [2.75, 3.05) is 11.5 Å². The molecule has 2 heterocycles. The monoisotopic (exact) mass is 218 g/mol. The largest absolute Gasteiger partial charge is 0.464 e. The van der Waals surface area contributed by atoms with Gasteiger partial charge in [0, 0.05) is 22.8 Å². The van der Waals surface area contributed by atoms with Gasteiger partial charge in [-0.1, -0.05) is 18.2 Å². The van der Waals surface area contributed by atoms with Crippen LogP contribution in [0.4, 0.5) is 0 Å². The molecule has 0 aliphatic carbocycles. The summed E-state index contributed by atoms with van der Waals surface area (Å²) in [5.74, 6) is 2.35. The molecule has 0 N–H and O–H groups in total. The minimum atomic E-state index is 0.205. The van der Waals surface area contributed by atoms with Crippen LogP contribution in [0.5, 0.6) is 0 Å². The van der Waals surface area contributed by atoms with Crippen molar-refractivity contribution in [3.8, 4) is 0 Å². The molecule has 1 aliphatic rings. The highest BCUT2D eigenvalue weighted by Gasteiger charge is 2.28. The normalized spacial score (nSPS) is 16.5. The number of thioether (sulfide) groups is 1. The van der Waals surface area contributed by atoms with E-state index in [0.717, 1.165) is 28.0 Å². The Hall–Kier alpha value is -1.22. The number of fused-ring (bicyclic) bond motifs is 1. The third-order valence-corrected chi connectivity index (χ3v) is 4.03. The van der Waals surface area contributed by atoms with Gasteiger partial charge in [-0.2, -0.15) is 11.8 Å². The molecule has 0 unspecified atom stereocenters. The van der Waals surface area contributed by atoms with Crippen LogP contribution in [-0.4, -0.2) is 17.3 Å². The first-order valence-corrected chi connectivity index (χ1v) is 6.10. The Labute approximate surface area is 91.6 Å². The van der Waals surface area contributed by atoms with Gasteiger partial charge in [-0.15, -0.1) is 0 Å². The fraction of sp³-hybridized carbons (Fsp3) is 0.250. The molecule has 0 atom stereocenters. The average molecular weight is 218 g/mol. The molecule has 1 saturated heterocycles. The first-order valence-electron chi connectivity index (χ1n) is 4.94. The van der Waals surface area contributed by atoms with Crippen molar-refractivity contribution in [1.82, 2.24) is 0 Å². The fourth-order valence-corrected chi connectivity index (χ4v) is 2.55. The summed E-state index contributed by atoms with van der Waals surface area (Å²) in [5, 5.41) is 0.944. The SMILES string of the molecule is O=C(c1coc2ccccc12)C1CSC1. The van der Waals surface area contributed by atoms with Gasteiger partial charge in [0.1, 0.15) is 11.8 Å². The maximum atomic E-state index is 12.0. The molecule has 0 radical (unpaired) electrons. The summed E-state index contributed by atoms with van der Waals surface area (Å²) < 4.78 is 5.36. The van der Waals surface area contributed by atoms with Crippen molar-refractivity contribution in [2.45, 2.75) is 0 Å². The van der Waals surface area contributed by atoms with Gasteiger partial charge in [0.2, 0.25) is 0 Å². The highest BCUT2D eigenvalue weighted by Crippen LogP contribution is 2.31. The second kappa shape index (κ2) is 3.42. The third-order valence-electron chi connectivity index (χ3n) is 2.76. The number of carbonyl (C=O) groups excluding carboxylic acids is 1. The molecule has 15 heavy (non-hydrogen) atoms. The molecule has 0 spiro atoms. The number of hydrogen-bond donors (Lipinski definition) is 0. The van der Waals surface area contributed by atoms with E-state index in [4.69, 9.17) is 4.42 Å². The summed E-state index contributed by atoms with van der Waals surface area (Å²) >= 11 is 1.82. The summed E-state index contributed by atoms with van der Waals surface area (Å²) in [7, 11) is 0. The number of rotatable bonds is 2. The Morgan fingerprint density at radius 2 is 2.13 bits per heavy atom. The molecule has 1 aromatic heterocycles. The Kier molecular flexibility index (Phi) is 2.06. The van der Waals surface area contributed by atoms with Gasteiger partial charge in [0.15, 0.2) is 5.78 Å². The van der Waals surface area contributed by atoms with Gasteiger partial charge in [-0.05, 0) is 6.07 Å². The van der Waals surface area contributed by atoms with Crippen LogP contribution >= 0.6 is 11.8 Å². The lowest BCUT2D eigenvalue weighted by atomic mass is 10.00. The maximum absolute atomic E-state index is 12.0. The zero-order valence-corrected chi connectivity index (χ0v) is 8.92. The van der Waals surface area contributed by atoms with E-state index in [2.05, 4.69) is 0 Å². The predicted octanol–water partition coefficient (Wildman–Crippen LogP) is 2.98. The average Bonchev–Trinajstić information content (AvgIpc) is 2.58. The Morgan fingerprint density at radius 3 is 2.87 bits per heavy atom. The standard InChI is InChI=1S/C12H10O2S/c13-12(8-6-15-7-8)10-5-14-11-4-2-1-3-9(10)11/h1-5,8H,6-7H2. The van der Waals surface area contributed by atoms with E-state index in [1.54, 1.807) is 6.26 Å². The number of para-hydroxylation sites is 1. The van der Waals surface area contributed by atoms with E-state index in [9.17, 15) is 4.79 Å². The van der Waals surface area contributed by atoms with Gasteiger partial charge in [0.25, 0.3) is 0 Å². The lowest BCUT2D eigenvalue weighted by Gasteiger charge is -2.22. The lowest BCUT2D eigenvalue weighted by molar-refractivity contribution is 0.0939. The number of carbonyl (C=O) groups is 1. The Morgan fingerprint density at radius 1 is 1.33 bits per heavy atom. The lowest BCUT2D eigenvalue weighted by Crippen LogP contribution is -2.27. The molecule has 2 aromatic rings. The fourth-order valence-electron chi connectivity index (χ4n) is 1.78. The molecule has 1 aliphatic heterocycles. The molecule has 76 valence electrons. The van der Waals surface area contributed by atoms with Crippen molar-refractivity contribution < 1.29 is 9.21 Å². The van der Waals surface area contributed by atoms with Crippen molar-refractivity contribution in [1.29, 1.82) is 0 Å². The van der Waals surface area contributed by atoms with Crippen LogP contribution in [0.2, 0.25) is 0 Å². The Balaban J connectivity index is 2.06. The van der Waals surface area contributed by atoms with E-state index >= 15 is 0 Å². The minimum absolute atomic E-state index is 0.205. The molecule has 2 nitrogen and oxygen atoms in total. The molecule has 1 aromatic carbocycles. The van der Waals surface area contributed by atoms with E-state index < -0.39 is 0 Å². The summed E-state index contributed by atoms with van der Waals surface area (Å²) in [6.07, 6.45) is 1.59. The molecule has 0 bridgehead atoms. The van der Waals surface area contributed by atoms with Crippen molar-refractivity contribution in [3.05, 3.63) is 36.1 Å². The van der Waals surface area contributed by atoms with Gasteiger partial charge in [-0.3, -0.25) is 4.79 Å². The molecular formula is C12H10O2S. The van der Waals surface area contributed by atoms with Crippen LogP contribution in [0.1, 0.15) is 10.4 Å². The number of hydrogen-bond acceptors (Lipinski definition) is 3. The molecule has 3 heteroatoms. The second-order valence-electron chi connectivity index (χ2n) is 3.74. The molecular weight excluding hydrogens is 208 g/mol. The highest BCUT2D eigenvalue weighted by molar-refractivity contribution is 8.00. The van der Waals surface area contributed by atoms with Crippen LogP contribution < -0.4 is 0 Å². The van der Waals surface area contributed by atoms with E-state index in [1.807, 2.05) is 36.0 Å². The second-order valence-corrected chi connectivity index (χ2v) is 4.82. The first-order chi connectivity index (χ1) is 7.36. The van der Waals surface area contributed by atoms with E-state index in [-0.39, 0.29) is 11.7 Å². The molecule has 3 rings (SSSR count). The van der Waals surface area contributed by atoms with Crippen molar-refractivity contribution in [3.63, 3.8) is 0 Å². The summed E-state index contributed by atoms with van der Waals surface area (Å²) in [4.78, 5) is 12.0. The van der Waals surface area contributed by atoms with Gasteiger partial charge < -0.3 is 4.42 Å². The van der Waals surface area contributed by atoms with Crippen LogP contribution in [0, 0.1) is 5.92 Å². The Bertz CT molecular complexity index is 511. The summed E-state index contributed by atoms with van der Waals surface area (Å²) in [6.45, 7) is 0. The molecule has 1 fully saturated rings. The number of benzene rings is 1. The van der Waals surface area contributed by atoms with Crippen LogP contribution in [0.15, 0.2) is 34.9 Å². The van der Waals surface area contributed by atoms with Crippen LogP contribution in [0.3, 0.4) is 0 Å². The summed E-state index contributed by atoms with van der Waals surface area (Å²) in [6, 6.07) is 7.68. The van der Waals surface area contributed by atoms with E-state index in [0.29, 0.717) is 0 Å². The van der Waals surface area contributed by atoms with Crippen molar-refractivity contribution >= 4 is 28.5 Å². The predicted molar refractivity (Wildman–Crippen MR) is 61.4 cm³/mol. The molecule has 0 amide bonds.